The van der Waals surface area contributed by atoms with Crippen LogP contribution in [0.2, 0.25) is 5.02 Å². The monoisotopic (exact) mass is 479 g/mol. The highest BCUT2D eigenvalue weighted by Gasteiger charge is 2.41. The summed E-state index contributed by atoms with van der Waals surface area (Å²) in [7, 11) is 4.00. The number of carbonyl (C=O) groups excluding carboxylic acids is 4. The second-order valence-corrected chi connectivity index (χ2v) is 8.00. The Labute approximate surface area is 186 Å². The van der Waals surface area contributed by atoms with Crippen LogP contribution >= 0.6 is 36.0 Å². The summed E-state index contributed by atoms with van der Waals surface area (Å²) in [6, 6.07) is 0.326. The van der Waals surface area contributed by atoms with Gasteiger partial charge in [-0.3, -0.25) is 19.4 Å². The van der Waals surface area contributed by atoms with E-state index < -0.39 is 46.3 Å². The molecule has 1 aliphatic heterocycles. The SMILES string of the molecule is COC(=O)CSC(=O)C(C)Oc1cc(N2C(=O)N(C)C(S)N(C)C2=O)c(F)cc1Cl. The highest BCUT2D eigenvalue weighted by Crippen LogP contribution is 2.36. The van der Waals surface area contributed by atoms with Gasteiger partial charge >= 0.3 is 18.0 Å². The predicted molar refractivity (Wildman–Crippen MR) is 113 cm³/mol. The van der Waals surface area contributed by atoms with Crippen molar-refractivity contribution in [2.45, 2.75) is 18.5 Å². The zero-order valence-corrected chi connectivity index (χ0v) is 18.9. The molecule has 1 unspecified atom stereocenters. The molecule has 9 nitrogen and oxygen atoms in total. The second kappa shape index (κ2) is 9.75. The van der Waals surface area contributed by atoms with Crippen LogP contribution in [0.1, 0.15) is 6.92 Å². The number of ether oxygens (including phenoxy) is 2. The molecule has 0 spiro atoms. The summed E-state index contributed by atoms with van der Waals surface area (Å²) in [5, 5.41) is -0.663. The number of thiol groups is 1. The summed E-state index contributed by atoms with van der Waals surface area (Å²) in [5.74, 6) is -1.84. The molecule has 0 bridgehead atoms. The molecule has 1 atom stereocenters. The zero-order valence-electron chi connectivity index (χ0n) is 16.4. The lowest BCUT2D eigenvalue weighted by molar-refractivity contribution is -0.137. The average Bonchev–Trinajstić information content (AvgIpc) is 2.71. The smallest absolute Gasteiger partial charge is 0.334 e. The molecule has 4 amide bonds. The minimum atomic E-state index is -1.06. The van der Waals surface area contributed by atoms with E-state index in [0.717, 1.165) is 21.9 Å². The van der Waals surface area contributed by atoms with Gasteiger partial charge in [-0.1, -0.05) is 23.4 Å². The largest absolute Gasteiger partial charge is 0.480 e. The van der Waals surface area contributed by atoms with Gasteiger partial charge in [-0.25, -0.2) is 18.9 Å². The Hall–Kier alpha value is -2.18. The quantitative estimate of drug-likeness (QED) is 0.495. The third kappa shape index (κ3) is 4.93. The fraction of sp³-hybridized carbons (Fsp3) is 0.412. The van der Waals surface area contributed by atoms with Crippen molar-refractivity contribution in [2.75, 3.05) is 31.9 Å². The van der Waals surface area contributed by atoms with E-state index >= 15 is 0 Å². The van der Waals surface area contributed by atoms with Gasteiger partial charge in [0.05, 0.1) is 23.6 Å². The number of anilines is 1. The number of hydrogen-bond donors (Lipinski definition) is 1. The number of nitrogens with zero attached hydrogens (tertiary/aromatic N) is 3. The maximum absolute atomic E-state index is 14.6. The number of imide groups is 1. The molecule has 0 radical (unpaired) electrons. The fourth-order valence-corrected chi connectivity index (χ4v) is 3.44. The van der Waals surface area contributed by atoms with Crippen LogP contribution in [0.25, 0.3) is 0 Å². The number of benzene rings is 1. The molecule has 1 fully saturated rings. The van der Waals surface area contributed by atoms with E-state index in [1.807, 2.05) is 0 Å². The minimum Gasteiger partial charge on any atom is -0.480 e. The number of thioether (sulfide) groups is 1. The lowest BCUT2D eigenvalue weighted by atomic mass is 10.2. The van der Waals surface area contributed by atoms with Crippen LogP contribution in [-0.2, 0) is 14.3 Å². The number of amides is 4. The van der Waals surface area contributed by atoms with Crippen molar-refractivity contribution in [1.29, 1.82) is 0 Å². The van der Waals surface area contributed by atoms with Crippen molar-refractivity contribution in [3.05, 3.63) is 23.0 Å². The molecule has 0 aromatic heterocycles. The Morgan fingerprint density at radius 2 is 1.83 bits per heavy atom. The minimum absolute atomic E-state index is 0.119. The van der Waals surface area contributed by atoms with Gasteiger partial charge in [0.1, 0.15) is 11.6 Å². The Balaban J connectivity index is 2.29. The molecular weight excluding hydrogens is 461 g/mol. The molecule has 1 aromatic rings. The van der Waals surface area contributed by atoms with Crippen LogP contribution in [0, 0.1) is 5.82 Å². The lowest BCUT2D eigenvalue weighted by Gasteiger charge is -2.41. The van der Waals surface area contributed by atoms with E-state index in [9.17, 15) is 23.6 Å². The maximum atomic E-state index is 14.6. The van der Waals surface area contributed by atoms with Gasteiger partial charge in [0.2, 0.25) is 5.12 Å². The van der Waals surface area contributed by atoms with Crippen LogP contribution < -0.4 is 9.64 Å². The highest BCUT2D eigenvalue weighted by molar-refractivity contribution is 8.14. The van der Waals surface area contributed by atoms with E-state index in [0.29, 0.717) is 16.7 Å². The Morgan fingerprint density at radius 3 is 2.37 bits per heavy atom. The first-order valence-electron chi connectivity index (χ1n) is 8.40. The van der Waals surface area contributed by atoms with Crippen LogP contribution in [0.3, 0.4) is 0 Å². The number of methoxy groups -OCH3 is 1. The summed E-state index contributed by atoms with van der Waals surface area (Å²) in [6.07, 6.45) is -1.06. The lowest BCUT2D eigenvalue weighted by Crippen LogP contribution is -2.62. The molecular formula is C17H19ClFN3O6S2. The Kier molecular flexibility index (Phi) is 7.83. The standard InChI is InChI=1S/C17H19ClFN3O6S2/c1-8(14(24)30-7-13(23)27-4)28-12-6-11(10(19)5-9(12)18)22-15(25)20(2)17(29)21(3)16(22)26/h5-6,8,17,29H,7H2,1-4H3. The van der Waals surface area contributed by atoms with Gasteiger partial charge in [0.15, 0.2) is 11.6 Å². The van der Waals surface area contributed by atoms with Gasteiger partial charge in [0, 0.05) is 20.2 Å². The molecule has 13 heteroatoms. The molecule has 0 aliphatic carbocycles. The molecule has 0 N–H and O–H groups in total. The molecule has 164 valence electrons. The first-order valence-corrected chi connectivity index (χ1v) is 10.3. The van der Waals surface area contributed by atoms with Crippen molar-refractivity contribution in [3.8, 4) is 5.75 Å². The van der Waals surface area contributed by atoms with Crippen LogP contribution in [0.5, 0.6) is 5.75 Å². The molecule has 1 heterocycles. The first kappa shape index (κ1) is 24.1. The molecule has 0 saturated carbocycles. The number of carbonyl (C=O) groups is 4. The number of rotatable bonds is 6. The number of urea groups is 2. The number of hydrogen-bond acceptors (Lipinski definition) is 8. The zero-order chi connectivity index (χ0) is 22.7. The third-order valence-corrected chi connectivity index (χ3v) is 6.10. The van der Waals surface area contributed by atoms with Crippen LogP contribution in [0.15, 0.2) is 12.1 Å². The van der Waals surface area contributed by atoms with E-state index in [1.165, 1.54) is 28.1 Å². The molecule has 1 saturated heterocycles. The predicted octanol–water partition coefficient (Wildman–Crippen LogP) is 2.82. The highest BCUT2D eigenvalue weighted by atomic mass is 35.5. The van der Waals surface area contributed by atoms with Crippen molar-refractivity contribution < 1.29 is 33.0 Å². The van der Waals surface area contributed by atoms with Gasteiger partial charge < -0.3 is 9.47 Å². The van der Waals surface area contributed by atoms with E-state index in [4.69, 9.17) is 16.3 Å². The number of halogens is 2. The van der Waals surface area contributed by atoms with E-state index in [-0.39, 0.29) is 16.5 Å². The number of esters is 1. The average molecular weight is 480 g/mol. The fourth-order valence-electron chi connectivity index (χ4n) is 2.39. The summed E-state index contributed by atoms with van der Waals surface area (Å²) in [6.45, 7) is 1.41. The summed E-state index contributed by atoms with van der Waals surface area (Å²) in [4.78, 5) is 51.3. The van der Waals surface area contributed by atoms with Crippen molar-refractivity contribution in [1.82, 2.24) is 9.80 Å². The third-order valence-electron chi connectivity index (χ3n) is 4.12. The van der Waals surface area contributed by atoms with Gasteiger partial charge in [0.25, 0.3) is 0 Å². The Morgan fingerprint density at radius 1 is 1.27 bits per heavy atom. The topological polar surface area (TPSA) is 96.5 Å². The van der Waals surface area contributed by atoms with Crippen LogP contribution in [0.4, 0.5) is 19.7 Å². The normalized spacial score (nSPS) is 16.0. The Bertz CT molecular complexity index is 867. The van der Waals surface area contributed by atoms with Crippen molar-refractivity contribution in [3.63, 3.8) is 0 Å². The van der Waals surface area contributed by atoms with Crippen molar-refractivity contribution >= 4 is 64.8 Å². The van der Waals surface area contributed by atoms with E-state index in [2.05, 4.69) is 17.4 Å². The van der Waals surface area contributed by atoms with Crippen molar-refractivity contribution in [2.24, 2.45) is 0 Å². The molecule has 30 heavy (non-hydrogen) atoms. The van der Waals surface area contributed by atoms with Gasteiger partial charge in [-0.05, 0) is 13.0 Å². The second-order valence-electron chi connectivity index (χ2n) is 6.15. The van der Waals surface area contributed by atoms with E-state index in [1.54, 1.807) is 0 Å². The van der Waals surface area contributed by atoms with Crippen LogP contribution in [-0.4, -0.2) is 71.5 Å². The van der Waals surface area contributed by atoms with Gasteiger partial charge in [-0.2, -0.15) is 0 Å². The molecule has 2 rings (SSSR count). The molecule has 1 aromatic carbocycles. The summed E-state index contributed by atoms with van der Waals surface area (Å²) >= 11 is 10.9. The molecule has 1 aliphatic rings. The maximum Gasteiger partial charge on any atom is 0.334 e. The van der Waals surface area contributed by atoms with Gasteiger partial charge in [-0.15, -0.1) is 12.6 Å². The summed E-state index contributed by atoms with van der Waals surface area (Å²) < 4.78 is 24.5. The first-order chi connectivity index (χ1) is 14.0. The summed E-state index contributed by atoms with van der Waals surface area (Å²) in [5.41, 5.74) is -1.22.